The first kappa shape index (κ1) is 31.2. The van der Waals surface area contributed by atoms with Crippen molar-refractivity contribution >= 4 is 50.0 Å². The molecule has 1 heterocycles. The van der Waals surface area contributed by atoms with Gasteiger partial charge in [0.25, 0.3) is 5.91 Å². The number of pyridine rings is 1. The first-order valence-electron chi connectivity index (χ1n) is 12.2. The van der Waals surface area contributed by atoms with Crippen molar-refractivity contribution in [2.45, 2.75) is 25.6 Å². The smallest absolute Gasteiger partial charge is 0.261 e. The van der Waals surface area contributed by atoms with Gasteiger partial charge in [-0.05, 0) is 36.8 Å². The van der Waals surface area contributed by atoms with Gasteiger partial charge in [-0.25, -0.2) is 21.8 Å². The van der Waals surface area contributed by atoms with E-state index in [0.29, 0.717) is 33.0 Å². The maximum atomic E-state index is 12.9. The number of nitrogens with two attached hydrogens (primary N) is 1. The number of thiol groups is 1. The quantitative estimate of drug-likeness (QED) is 0.214. The summed E-state index contributed by atoms with van der Waals surface area (Å²) in [6, 6.07) is 18.8. The summed E-state index contributed by atoms with van der Waals surface area (Å²) in [4.78, 5) is 17.5. The summed E-state index contributed by atoms with van der Waals surface area (Å²) in [6.07, 6.45) is 0.652. The van der Waals surface area contributed by atoms with Crippen LogP contribution in [0.3, 0.4) is 0 Å². The molecule has 11 nitrogen and oxygen atoms in total. The molecule has 0 saturated carbocycles. The average molecular weight is 608 g/mol. The lowest BCUT2D eigenvalue weighted by Gasteiger charge is -2.21. The molecule has 14 heteroatoms. The van der Waals surface area contributed by atoms with E-state index in [-0.39, 0.29) is 24.2 Å². The lowest BCUT2D eigenvalue weighted by Crippen LogP contribution is -2.37. The van der Waals surface area contributed by atoms with E-state index < -0.39 is 32.1 Å². The number of carbonyl (C=O) groups excluding carboxylic acids is 1. The molecule has 4 N–H and O–H groups in total. The zero-order valence-corrected chi connectivity index (χ0v) is 24.8. The second-order valence-corrected chi connectivity index (χ2v) is 13.4. The SMILES string of the molecule is C[C@@H](Oc1nc(-c2ccccc2)ccc1NCC(N)CS)C(=O)NCc1cccc(N(S(C)(=O)=O)S(C)(=O)=O)c1. The van der Waals surface area contributed by atoms with Gasteiger partial charge in [-0.1, -0.05) is 42.5 Å². The summed E-state index contributed by atoms with van der Waals surface area (Å²) in [5.41, 5.74) is 8.50. The Hall–Kier alpha value is -3.33. The van der Waals surface area contributed by atoms with E-state index >= 15 is 0 Å². The summed E-state index contributed by atoms with van der Waals surface area (Å²) >= 11 is 4.21. The van der Waals surface area contributed by atoms with Crippen molar-refractivity contribution in [1.29, 1.82) is 0 Å². The lowest BCUT2D eigenvalue weighted by atomic mass is 10.1. The number of nitrogens with zero attached hydrogens (tertiary/aromatic N) is 2. The summed E-state index contributed by atoms with van der Waals surface area (Å²) in [6.45, 7) is 1.99. The predicted octanol–water partition coefficient (Wildman–Crippen LogP) is 2.23. The predicted molar refractivity (Wildman–Crippen MR) is 161 cm³/mol. The van der Waals surface area contributed by atoms with Gasteiger partial charge in [-0.15, -0.1) is 0 Å². The maximum absolute atomic E-state index is 12.9. The highest BCUT2D eigenvalue weighted by Crippen LogP contribution is 2.28. The number of anilines is 2. The van der Waals surface area contributed by atoms with E-state index in [1.54, 1.807) is 19.1 Å². The molecule has 1 unspecified atom stereocenters. The van der Waals surface area contributed by atoms with Crippen LogP contribution in [-0.4, -0.2) is 64.7 Å². The Labute approximate surface area is 240 Å². The van der Waals surface area contributed by atoms with Crippen LogP contribution in [0, 0.1) is 0 Å². The molecule has 0 fully saturated rings. The molecular formula is C26H33N5O6S3. The minimum atomic E-state index is -4.10. The standard InChI is InChI=1S/C26H33N5O6S3/c1-18(25(32)29-15-19-8-7-11-22(14-19)31(39(2,33)34)40(3,35)36)37-26-24(28-16-21(27)17-38)13-12-23(30-26)20-9-5-4-6-10-20/h4-14,18,21,28,38H,15-17,27H2,1-3H3,(H,29,32)/t18-,21?/m1/s1. The highest BCUT2D eigenvalue weighted by Gasteiger charge is 2.27. The van der Waals surface area contributed by atoms with E-state index in [1.807, 2.05) is 36.4 Å². The number of carbonyl (C=O) groups is 1. The van der Waals surface area contributed by atoms with E-state index in [4.69, 9.17) is 10.5 Å². The topological polar surface area (TPSA) is 161 Å². The van der Waals surface area contributed by atoms with E-state index in [9.17, 15) is 21.6 Å². The Morgan fingerprint density at radius 3 is 2.33 bits per heavy atom. The molecule has 0 spiro atoms. The number of amides is 1. The van der Waals surface area contributed by atoms with Crippen LogP contribution in [0.4, 0.5) is 11.4 Å². The molecule has 0 saturated heterocycles. The molecule has 1 amide bonds. The second-order valence-electron chi connectivity index (χ2n) is 9.11. The molecule has 0 radical (unpaired) electrons. The van der Waals surface area contributed by atoms with Gasteiger partial charge in [-0.3, -0.25) is 4.79 Å². The van der Waals surface area contributed by atoms with Crippen molar-refractivity contribution in [2.75, 3.05) is 33.8 Å². The Morgan fingerprint density at radius 1 is 1.02 bits per heavy atom. The molecule has 2 atom stereocenters. The third kappa shape index (κ3) is 8.58. The van der Waals surface area contributed by atoms with Crippen LogP contribution in [0.15, 0.2) is 66.7 Å². The number of rotatable bonds is 13. The number of nitrogens with one attached hydrogen (secondary N) is 2. The van der Waals surface area contributed by atoms with E-state index in [2.05, 4.69) is 28.2 Å². The second kappa shape index (κ2) is 13.4. The van der Waals surface area contributed by atoms with Crippen LogP contribution in [0.1, 0.15) is 12.5 Å². The number of ether oxygens (including phenoxy) is 1. The van der Waals surface area contributed by atoms with Gasteiger partial charge in [-0.2, -0.15) is 16.3 Å². The highest BCUT2D eigenvalue weighted by molar-refractivity contribution is 8.09. The van der Waals surface area contributed by atoms with Gasteiger partial charge in [0.1, 0.15) is 0 Å². The first-order valence-corrected chi connectivity index (χ1v) is 16.5. The maximum Gasteiger partial charge on any atom is 0.261 e. The normalized spacial score (nSPS) is 13.2. The fourth-order valence-corrected chi connectivity index (χ4v) is 6.79. The Bertz CT molecular complexity index is 1500. The molecule has 3 aromatic rings. The summed E-state index contributed by atoms with van der Waals surface area (Å²) < 4.78 is 54.7. The Morgan fingerprint density at radius 2 is 1.70 bits per heavy atom. The van der Waals surface area contributed by atoms with Gasteiger partial charge < -0.3 is 21.1 Å². The van der Waals surface area contributed by atoms with Crippen molar-refractivity contribution in [3.05, 3.63) is 72.3 Å². The van der Waals surface area contributed by atoms with Gasteiger partial charge in [0.05, 0.1) is 29.6 Å². The molecule has 0 aliphatic carbocycles. The van der Waals surface area contributed by atoms with Crippen LogP contribution < -0.4 is 24.8 Å². The number of hydrogen-bond acceptors (Lipinski definition) is 10. The molecule has 216 valence electrons. The van der Waals surface area contributed by atoms with Gasteiger partial charge in [0.15, 0.2) is 6.10 Å². The van der Waals surface area contributed by atoms with Crippen LogP contribution in [0.25, 0.3) is 11.3 Å². The fraction of sp³-hybridized carbons (Fsp3) is 0.308. The van der Waals surface area contributed by atoms with Gasteiger partial charge in [0, 0.05) is 30.4 Å². The molecule has 0 aliphatic rings. The molecule has 3 rings (SSSR count). The van der Waals surface area contributed by atoms with E-state index in [0.717, 1.165) is 18.1 Å². The number of sulfonamides is 2. The lowest BCUT2D eigenvalue weighted by molar-refractivity contribution is -0.127. The molecule has 2 aromatic carbocycles. The van der Waals surface area contributed by atoms with Crippen molar-refractivity contribution in [2.24, 2.45) is 5.73 Å². The molecule has 40 heavy (non-hydrogen) atoms. The summed E-state index contributed by atoms with van der Waals surface area (Å²) in [7, 11) is -8.20. The first-order chi connectivity index (χ1) is 18.8. The summed E-state index contributed by atoms with van der Waals surface area (Å²) in [5.74, 6) is 0.234. The minimum absolute atomic E-state index is 0.00112. The highest BCUT2D eigenvalue weighted by atomic mass is 32.3. The number of aromatic nitrogens is 1. The van der Waals surface area contributed by atoms with Crippen LogP contribution in [0.5, 0.6) is 5.88 Å². The van der Waals surface area contributed by atoms with Crippen molar-refractivity contribution < 1.29 is 26.4 Å². The molecule has 1 aromatic heterocycles. The third-order valence-corrected chi connectivity index (χ3v) is 9.29. The number of benzene rings is 2. The summed E-state index contributed by atoms with van der Waals surface area (Å²) in [5, 5.41) is 5.92. The Kier molecular flexibility index (Phi) is 10.4. The zero-order chi connectivity index (χ0) is 29.5. The van der Waals surface area contributed by atoms with Gasteiger partial charge >= 0.3 is 0 Å². The largest absolute Gasteiger partial charge is 0.463 e. The van der Waals surface area contributed by atoms with Crippen molar-refractivity contribution in [3.63, 3.8) is 0 Å². The molecule has 0 aliphatic heterocycles. The third-order valence-electron chi connectivity index (χ3n) is 5.57. The molecular weight excluding hydrogens is 575 g/mol. The zero-order valence-electron chi connectivity index (χ0n) is 22.3. The molecule has 0 bridgehead atoms. The minimum Gasteiger partial charge on any atom is -0.463 e. The van der Waals surface area contributed by atoms with Crippen LogP contribution in [0.2, 0.25) is 0 Å². The van der Waals surface area contributed by atoms with E-state index in [1.165, 1.54) is 18.2 Å². The van der Waals surface area contributed by atoms with Crippen LogP contribution in [-0.2, 0) is 31.4 Å². The van der Waals surface area contributed by atoms with Crippen LogP contribution >= 0.6 is 12.6 Å². The fourth-order valence-electron chi connectivity index (χ4n) is 3.70. The Balaban J connectivity index is 1.76. The van der Waals surface area contributed by atoms with Crippen molar-refractivity contribution in [3.8, 4) is 17.1 Å². The number of hydrogen-bond donors (Lipinski definition) is 4. The average Bonchev–Trinajstić information content (AvgIpc) is 2.89. The monoisotopic (exact) mass is 607 g/mol. The van der Waals surface area contributed by atoms with Gasteiger partial charge in [0.2, 0.25) is 25.9 Å². The van der Waals surface area contributed by atoms with Crippen molar-refractivity contribution in [1.82, 2.24) is 10.3 Å².